The van der Waals surface area contributed by atoms with Crippen LogP contribution in [0.15, 0.2) is 105 Å². The molecular formula is C40H54O2. The third-order valence-electron chi connectivity index (χ3n) is 7.88. The van der Waals surface area contributed by atoms with Crippen LogP contribution in [0.2, 0.25) is 0 Å². The summed E-state index contributed by atoms with van der Waals surface area (Å²) in [6.07, 6.45) is 22.8. The maximum Gasteiger partial charge on any atom is 0.190 e. The number of hydrogen-bond donors (Lipinski definition) is 0. The highest BCUT2D eigenvalue weighted by atomic mass is 16.1. The summed E-state index contributed by atoms with van der Waals surface area (Å²) in [4.78, 5) is 27.1. The van der Waals surface area contributed by atoms with Gasteiger partial charge in [-0.05, 0) is 120 Å². The van der Waals surface area contributed by atoms with E-state index >= 15 is 0 Å². The SMILES string of the molecule is CC(C)=CCC/C(C)=C/CC/C(C)=C/CC1=C(C/C=C(\C)CC/C=C(\C)CCC=C(C)C)C(=O)c2ccccc2C1=O. The van der Waals surface area contributed by atoms with Crippen LogP contribution in [0.25, 0.3) is 0 Å². The van der Waals surface area contributed by atoms with Gasteiger partial charge in [0, 0.05) is 22.3 Å². The molecule has 2 heteroatoms. The molecule has 0 radical (unpaired) electrons. The van der Waals surface area contributed by atoms with Crippen molar-refractivity contribution in [2.45, 2.75) is 120 Å². The monoisotopic (exact) mass is 566 g/mol. The van der Waals surface area contributed by atoms with Gasteiger partial charge in [0.25, 0.3) is 0 Å². The zero-order valence-corrected chi connectivity index (χ0v) is 27.7. The molecule has 0 aromatic heterocycles. The van der Waals surface area contributed by atoms with Gasteiger partial charge < -0.3 is 0 Å². The van der Waals surface area contributed by atoms with Crippen molar-refractivity contribution in [2.75, 3.05) is 0 Å². The summed E-state index contributed by atoms with van der Waals surface area (Å²) in [7, 11) is 0. The summed E-state index contributed by atoms with van der Waals surface area (Å²) in [5.74, 6) is 0.000443. The number of fused-ring (bicyclic) bond motifs is 1. The van der Waals surface area contributed by atoms with Crippen molar-refractivity contribution in [3.63, 3.8) is 0 Å². The van der Waals surface area contributed by atoms with Crippen molar-refractivity contribution >= 4 is 11.6 Å². The molecule has 1 aliphatic carbocycles. The number of allylic oxidation sites excluding steroid dienone is 14. The first-order chi connectivity index (χ1) is 20.0. The van der Waals surface area contributed by atoms with Gasteiger partial charge in [0.1, 0.15) is 0 Å². The molecule has 1 aromatic rings. The Morgan fingerprint density at radius 3 is 1.12 bits per heavy atom. The molecule has 0 unspecified atom stereocenters. The highest BCUT2D eigenvalue weighted by molar-refractivity contribution is 6.27. The Morgan fingerprint density at radius 1 is 0.476 bits per heavy atom. The van der Waals surface area contributed by atoms with Crippen LogP contribution in [-0.2, 0) is 0 Å². The fourth-order valence-corrected chi connectivity index (χ4v) is 5.14. The average molecular weight is 567 g/mol. The molecule has 1 aliphatic rings. The van der Waals surface area contributed by atoms with Crippen LogP contribution in [0.5, 0.6) is 0 Å². The number of benzene rings is 1. The van der Waals surface area contributed by atoms with Crippen molar-refractivity contribution in [1.82, 2.24) is 0 Å². The standard InChI is InChI=1S/C40H54O2/c1-29(2)15-11-17-31(5)19-13-21-33(7)25-27-37-38(40(42)36-24-10-9-23-35(36)39(37)41)28-26-34(8)22-14-20-32(6)18-12-16-30(3)4/h9-10,15-16,19-20,23-26H,11-14,17-18,21-22,27-28H2,1-8H3/b31-19+,32-20+,33-25+,34-26+. The van der Waals surface area contributed by atoms with E-state index < -0.39 is 0 Å². The van der Waals surface area contributed by atoms with E-state index in [1.165, 1.54) is 33.4 Å². The Kier molecular flexibility index (Phi) is 15.2. The van der Waals surface area contributed by atoms with E-state index in [0.717, 1.165) is 51.4 Å². The van der Waals surface area contributed by atoms with E-state index in [1.807, 2.05) is 12.1 Å². The molecule has 226 valence electrons. The summed E-state index contributed by atoms with van der Waals surface area (Å²) < 4.78 is 0. The predicted molar refractivity (Wildman–Crippen MR) is 182 cm³/mol. The molecule has 2 rings (SSSR count). The van der Waals surface area contributed by atoms with Crippen molar-refractivity contribution in [1.29, 1.82) is 0 Å². The van der Waals surface area contributed by atoms with Crippen LogP contribution in [-0.4, -0.2) is 11.6 Å². The number of ketones is 2. The number of rotatable bonds is 16. The quantitative estimate of drug-likeness (QED) is 0.186. The van der Waals surface area contributed by atoms with Gasteiger partial charge in [-0.25, -0.2) is 0 Å². The second-order valence-corrected chi connectivity index (χ2v) is 12.5. The van der Waals surface area contributed by atoms with Gasteiger partial charge in [-0.3, -0.25) is 9.59 Å². The first-order valence-electron chi connectivity index (χ1n) is 15.8. The lowest BCUT2D eigenvalue weighted by atomic mass is 9.81. The molecule has 0 N–H and O–H groups in total. The Hall–Kier alpha value is -3.26. The first kappa shape index (κ1) is 34.9. The van der Waals surface area contributed by atoms with Crippen LogP contribution in [0.1, 0.15) is 140 Å². The fraction of sp³-hybridized carbons (Fsp3) is 0.450. The van der Waals surface area contributed by atoms with E-state index in [1.54, 1.807) is 12.1 Å². The third-order valence-corrected chi connectivity index (χ3v) is 7.88. The van der Waals surface area contributed by atoms with E-state index in [4.69, 9.17) is 0 Å². The predicted octanol–water partition coefficient (Wildman–Crippen LogP) is 12.0. The minimum atomic E-state index is 0.000222. The second-order valence-electron chi connectivity index (χ2n) is 12.5. The second kappa shape index (κ2) is 18.3. The molecule has 0 fully saturated rings. The lowest BCUT2D eigenvalue weighted by Gasteiger charge is -2.20. The first-order valence-corrected chi connectivity index (χ1v) is 15.8. The smallest absolute Gasteiger partial charge is 0.190 e. The molecule has 0 saturated carbocycles. The van der Waals surface area contributed by atoms with Crippen molar-refractivity contribution in [3.8, 4) is 0 Å². The Balaban J connectivity index is 2.12. The summed E-state index contributed by atoms with van der Waals surface area (Å²) in [6, 6.07) is 7.27. The molecule has 42 heavy (non-hydrogen) atoms. The maximum atomic E-state index is 13.6. The lowest BCUT2D eigenvalue weighted by Crippen LogP contribution is -2.22. The molecule has 0 spiro atoms. The summed E-state index contributed by atoms with van der Waals surface area (Å²) >= 11 is 0. The van der Waals surface area contributed by atoms with E-state index in [9.17, 15) is 9.59 Å². The van der Waals surface area contributed by atoms with E-state index in [2.05, 4.69) is 91.8 Å². The van der Waals surface area contributed by atoms with Gasteiger partial charge in [0.15, 0.2) is 11.6 Å². The minimum Gasteiger partial charge on any atom is -0.289 e. The molecule has 0 bridgehead atoms. The number of carbonyl (C=O) groups excluding carboxylic acids is 2. The molecule has 0 amide bonds. The van der Waals surface area contributed by atoms with Crippen LogP contribution in [0.4, 0.5) is 0 Å². The number of carbonyl (C=O) groups is 2. The van der Waals surface area contributed by atoms with Gasteiger partial charge >= 0.3 is 0 Å². The normalized spacial score (nSPS) is 14.8. The Labute approximate surface area is 256 Å². The topological polar surface area (TPSA) is 34.1 Å². The Bertz CT molecular complexity index is 1210. The Morgan fingerprint density at radius 2 is 0.786 bits per heavy atom. The van der Waals surface area contributed by atoms with Crippen LogP contribution in [0.3, 0.4) is 0 Å². The van der Waals surface area contributed by atoms with Crippen LogP contribution < -0.4 is 0 Å². The summed E-state index contributed by atoms with van der Waals surface area (Å²) in [5, 5.41) is 0. The number of hydrogen-bond acceptors (Lipinski definition) is 2. The largest absolute Gasteiger partial charge is 0.289 e. The molecule has 1 aromatic carbocycles. The lowest BCUT2D eigenvalue weighted by molar-refractivity contribution is 0.0971. The van der Waals surface area contributed by atoms with Crippen LogP contribution >= 0.6 is 0 Å². The van der Waals surface area contributed by atoms with Gasteiger partial charge in [-0.2, -0.15) is 0 Å². The van der Waals surface area contributed by atoms with Crippen molar-refractivity contribution < 1.29 is 9.59 Å². The van der Waals surface area contributed by atoms with Crippen LogP contribution in [0, 0.1) is 0 Å². The molecule has 0 atom stereocenters. The van der Waals surface area contributed by atoms with Gasteiger partial charge in [-0.15, -0.1) is 0 Å². The average Bonchev–Trinajstić information content (AvgIpc) is 2.93. The zero-order valence-electron chi connectivity index (χ0n) is 27.7. The van der Waals surface area contributed by atoms with Crippen molar-refractivity contribution in [2.24, 2.45) is 0 Å². The van der Waals surface area contributed by atoms with E-state index in [-0.39, 0.29) is 11.6 Å². The molecule has 0 saturated heterocycles. The van der Waals surface area contributed by atoms with Crippen molar-refractivity contribution in [3.05, 3.63) is 116 Å². The van der Waals surface area contributed by atoms with Gasteiger partial charge in [0.2, 0.25) is 0 Å². The summed E-state index contributed by atoms with van der Waals surface area (Å²) in [6.45, 7) is 17.2. The van der Waals surface area contributed by atoms with Gasteiger partial charge in [-0.1, -0.05) is 94.2 Å². The highest BCUT2D eigenvalue weighted by Crippen LogP contribution is 2.31. The number of Topliss-reactive ketones (excluding diaryl/α,β-unsaturated/α-hetero) is 2. The van der Waals surface area contributed by atoms with Gasteiger partial charge in [0.05, 0.1) is 0 Å². The summed E-state index contributed by atoms with van der Waals surface area (Å²) in [5.41, 5.74) is 10.5. The molecule has 0 heterocycles. The van der Waals surface area contributed by atoms with E-state index in [0.29, 0.717) is 35.1 Å². The molecule has 0 aliphatic heterocycles. The minimum absolute atomic E-state index is 0.000222. The maximum absolute atomic E-state index is 13.6. The molecular weight excluding hydrogens is 512 g/mol. The molecule has 2 nitrogen and oxygen atoms in total. The third kappa shape index (κ3) is 12.3. The zero-order chi connectivity index (χ0) is 31.1. The highest BCUT2D eigenvalue weighted by Gasteiger charge is 2.30. The fourth-order valence-electron chi connectivity index (χ4n) is 5.14.